The van der Waals surface area contributed by atoms with Gasteiger partial charge in [0.2, 0.25) is 0 Å². The SMILES string of the molecule is Cc1nc(C(=O)OC(C)(C)C)ccc1C(=O)O. The predicted octanol–water partition coefficient (Wildman–Crippen LogP) is 2.04. The van der Waals surface area contributed by atoms with E-state index in [4.69, 9.17) is 9.84 Å². The Morgan fingerprint density at radius 1 is 1.29 bits per heavy atom. The Labute approximate surface area is 99.4 Å². The third kappa shape index (κ3) is 3.55. The molecule has 0 aromatic carbocycles. The average Bonchev–Trinajstić information content (AvgIpc) is 2.14. The molecular formula is C12H15NO4. The van der Waals surface area contributed by atoms with Gasteiger partial charge >= 0.3 is 11.9 Å². The summed E-state index contributed by atoms with van der Waals surface area (Å²) in [6, 6.07) is 2.70. The van der Waals surface area contributed by atoms with Crippen molar-refractivity contribution in [1.82, 2.24) is 4.98 Å². The van der Waals surface area contributed by atoms with Crippen LogP contribution in [0.1, 0.15) is 47.3 Å². The molecule has 0 radical (unpaired) electrons. The summed E-state index contributed by atoms with van der Waals surface area (Å²) >= 11 is 0. The van der Waals surface area contributed by atoms with Crippen LogP contribution >= 0.6 is 0 Å². The van der Waals surface area contributed by atoms with Crippen LogP contribution in [0.2, 0.25) is 0 Å². The van der Waals surface area contributed by atoms with Crippen LogP contribution < -0.4 is 0 Å². The van der Waals surface area contributed by atoms with E-state index in [0.29, 0.717) is 5.69 Å². The highest BCUT2D eigenvalue weighted by Crippen LogP contribution is 2.13. The second kappa shape index (κ2) is 4.53. The maximum atomic E-state index is 11.7. The van der Waals surface area contributed by atoms with Gasteiger partial charge in [-0.05, 0) is 39.8 Å². The van der Waals surface area contributed by atoms with Crippen LogP contribution in [0.4, 0.5) is 0 Å². The number of aryl methyl sites for hydroxylation is 1. The van der Waals surface area contributed by atoms with Crippen molar-refractivity contribution >= 4 is 11.9 Å². The normalized spacial score (nSPS) is 11.1. The van der Waals surface area contributed by atoms with E-state index in [2.05, 4.69) is 4.98 Å². The molecule has 0 saturated carbocycles. The summed E-state index contributed by atoms with van der Waals surface area (Å²) in [5.41, 5.74) is -0.112. The number of rotatable bonds is 2. The minimum atomic E-state index is -1.06. The van der Waals surface area contributed by atoms with Gasteiger partial charge in [0.05, 0.1) is 11.3 Å². The van der Waals surface area contributed by atoms with Crippen LogP contribution in [0.25, 0.3) is 0 Å². The summed E-state index contributed by atoms with van der Waals surface area (Å²) in [7, 11) is 0. The lowest BCUT2D eigenvalue weighted by atomic mass is 10.1. The van der Waals surface area contributed by atoms with Crippen molar-refractivity contribution in [1.29, 1.82) is 0 Å². The average molecular weight is 237 g/mol. The van der Waals surface area contributed by atoms with E-state index in [9.17, 15) is 9.59 Å². The van der Waals surface area contributed by atoms with Crippen LogP contribution in [0.5, 0.6) is 0 Å². The Kier molecular flexibility index (Phi) is 3.50. The van der Waals surface area contributed by atoms with Crippen molar-refractivity contribution < 1.29 is 19.4 Å². The van der Waals surface area contributed by atoms with Gasteiger partial charge in [-0.15, -0.1) is 0 Å². The van der Waals surface area contributed by atoms with E-state index in [1.54, 1.807) is 20.8 Å². The first-order chi connectivity index (χ1) is 7.70. The molecule has 0 amide bonds. The molecule has 0 unspecified atom stereocenters. The molecule has 0 bridgehead atoms. The first kappa shape index (κ1) is 13.2. The Morgan fingerprint density at radius 3 is 2.29 bits per heavy atom. The lowest BCUT2D eigenvalue weighted by molar-refractivity contribution is 0.00621. The number of ether oxygens (including phenoxy) is 1. The van der Waals surface area contributed by atoms with Crippen molar-refractivity contribution in [2.75, 3.05) is 0 Å². The largest absolute Gasteiger partial charge is 0.478 e. The van der Waals surface area contributed by atoms with E-state index < -0.39 is 17.5 Å². The van der Waals surface area contributed by atoms with E-state index in [0.717, 1.165) is 0 Å². The molecule has 0 spiro atoms. The summed E-state index contributed by atoms with van der Waals surface area (Å²) in [5.74, 6) is -1.62. The molecule has 0 fully saturated rings. The van der Waals surface area contributed by atoms with Crippen molar-refractivity contribution in [3.63, 3.8) is 0 Å². The van der Waals surface area contributed by atoms with Gasteiger partial charge in [-0.2, -0.15) is 0 Å². The molecule has 0 saturated heterocycles. The topological polar surface area (TPSA) is 76.5 Å². The maximum absolute atomic E-state index is 11.7. The fourth-order valence-electron chi connectivity index (χ4n) is 1.23. The van der Waals surface area contributed by atoms with Gasteiger partial charge in [0.25, 0.3) is 0 Å². The van der Waals surface area contributed by atoms with Gasteiger partial charge in [0, 0.05) is 0 Å². The minimum absolute atomic E-state index is 0.0808. The third-order valence-corrected chi connectivity index (χ3v) is 1.92. The van der Waals surface area contributed by atoms with Crippen LogP contribution in [0.15, 0.2) is 12.1 Å². The van der Waals surface area contributed by atoms with Crippen LogP contribution in [-0.4, -0.2) is 27.6 Å². The molecule has 1 aromatic rings. The molecule has 1 rings (SSSR count). The summed E-state index contributed by atoms with van der Waals surface area (Å²) in [6.45, 7) is 6.80. The first-order valence-electron chi connectivity index (χ1n) is 5.15. The van der Waals surface area contributed by atoms with Gasteiger partial charge in [-0.25, -0.2) is 14.6 Å². The molecule has 5 nitrogen and oxygen atoms in total. The number of esters is 1. The highest BCUT2D eigenvalue weighted by atomic mass is 16.6. The van der Waals surface area contributed by atoms with Gasteiger partial charge in [-0.3, -0.25) is 0 Å². The Bertz CT molecular complexity index is 460. The highest BCUT2D eigenvalue weighted by Gasteiger charge is 2.20. The summed E-state index contributed by atoms with van der Waals surface area (Å²) in [4.78, 5) is 26.4. The fraction of sp³-hybridized carbons (Fsp3) is 0.417. The molecule has 0 aliphatic rings. The molecule has 1 aromatic heterocycles. The van der Waals surface area contributed by atoms with Crippen molar-refractivity contribution in [2.24, 2.45) is 0 Å². The van der Waals surface area contributed by atoms with Gasteiger partial charge < -0.3 is 9.84 Å². The van der Waals surface area contributed by atoms with Gasteiger partial charge in [0.1, 0.15) is 11.3 Å². The second-order valence-corrected chi connectivity index (χ2v) is 4.64. The van der Waals surface area contributed by atoms with E-state index in [1.807, 2.05) is 0 Å². The zero-order valence-corrected chi connectivity index (χ0v) is 10.3. The van der Waals surface area contributed by atoms with Crippen LogP contribution in [-0.2, 0) is 4.74 Å². The van der Waals surface area contributed by atoms with Crippen molar-refractivity contribution in [2.45, 2.75) is 33.3 Å². The number of carbonyl (C=O) groups excluding carboxylic acids is 1. The van der Waals surface area contributed by atoms with Crippen LogP contribution in [0.3, 0.4) is 0 Å². The summed E-state index contributed by atoms with van der Waals surface area (Å²) in [6.07, 6.45) is 0. The zero-order valence-electron chi connectivity index (χ0n) is 10.3. The number of aromatic nitrogens is 1. The van der Waals surface area contributed by atoms with Crippen molar-refractivity contribution in [3.8, 4) is 0 Å². The number of carbonyl (C=O) groups is 2. The summed E-state index contributed by atoms with van der Waals surface area (Å²) in [5, 5.41) is 8.83. The fourth-order valence-corrected chi connectivity index (χ4v) is 1.23. The monoisotopic (exact) mass is 237 g/mol. The number of pyridine rings is 1. The molecule has 1 N–H and O–H groups in total. The first-order valence-corrected chi connectivity index (χ1v) is 5.15. The smallest absolute Gasteiger partial charge is 0.357 e. The molecule has 0 atom stereocenters. The number of hydrogen-bond donors (Lipinski definition) is 1. The summed E-state index contributed by atoms with van der Waals surface area (Å²) < 4.78 is 5.13. The molecule has 1 heterocycles. The second-order valence-electron chi connectivity index (χ2n) is 4.64. The number of carboxylic acids is 1. The molecular weight excluding hydrogens is 222 g/mol. The quantitative estimate of drug-likeness (QED) is 0.796. The maximum Gasteiger partial charge on any atom is 0.357 e. The van der Waals surface area contributed by atoms with E-state index in [-0.39, 0.29) is 11.3 Å². The van der Waals surface area contributed by atoms with Crippen LogP contribution in [0, 0.1) is 6.92 Å². The number of carboxylic acid groups (broad SMARTS) is 1. The van der Waals surface area contributed by atoms with Crippen molar-refractivity contribution in [3.05, 3.63) is 29.1 Å². The Hall–Kier alpha value is -1.91. The molecule has 0 aliphatic carbocycles. The van der Waals surface area contributed by atoms with Gasteiger partial charge in [-0.1, -0.05) is 0 Å². The molecule has 0 aliphatic heterocycles. The molecule has 5 heteroatoms. The highest BCUT2D eigenvalue weighted by molar-refractivity contribution is 5.91. The Balaban J connectivity index is 2.98. The predicted molar refractivity (Wildman–Crippen MR) is 61.1 cm³/mol. The lowest BCUT2D eigenvalue weighted by Crippen LogP contribution is -2.24. The lowest BCUT2D eigenvalue weighted by Gasteiger charge is -2.19. The molecule has 17 heavy (non-hydrogen) atoms. The number of nitrogens with zero attached hydrogens (tertiary/aromatic N) is 1. The Morgan fingerprint density at radius 2 is 1.88 bits per heavy atom. The van der Waals surface area contributed by atoms with E-state index in [1.165, 1.54) is 19.1 Å². The number of aromatic carboxylic acids is 1. The molecule has 92 valence electrons. The third-order valence-electron chi connectivity index (χ3n) is 1.92. The van der Waals surface area contributed by atoms with E-state index >= 15 is 0 Å². The zero-order chi connectivity index (χ0) is 13.2. The van der Waals surface area contributed by atoms with Gasteiger partial charge in [0.15, 0.2) is 0 Å². The standard InChI is InChI=1S/C12H15NO4/c1-7-8(10(14)15)5-6-9(13-7)11(16)17-12(2,3)4/h5-6H,1-4H3,(H,14,15). The number of hydrogen-bond acceptors (Lipinski definition) is 4. The minimum Gasteiger partial charge on any atom is -0.478 e.